The molecule has 0 aliphatic carbocycles. The van der Waals surface area contributed by atoms with Gasteiger partial charge in [-0.1, -0.05) is 6.07 Å². The van der Waals surface area contributed by atoms with Crippen LogP contribution in [0.25, 0.3) is 22.0 Å². The van der Waals surface area contributed by atoms with Gasteiger partial charge in [0.25, 0.3) is 0 Å². The molecule has 25 heavy (non-hydrogen) atoms. The highest BCUT2D eigenvalue weighted by molar-refractivity contribution is 5.84. The number of piperidine rings is 1. The molecule has 2 aromatic heterocycles. The van der Waals surface area contributed by atoms with Gasteiger partial charge in [0.15, 0.2) is 0 Å². The number of carbonyl (C=O) groups excluding carboxylic acids is 1. The van der Waals surface area contributed by atoms with Crippen molar-refractivity contribution in [1.82, 2.24) is 14.8 Å². The van der Waals surface area contributed by atoms with E-state index in [2.05, 4.69) is 33.2 Å². The van der Waals surface area contributed by atoms with E-state index >= 15 is 0 Å². The van der Waals surface area contributed by atoms with Gasteiger partial charge < -0.3 is 10.6 Å². The third kappa shape index (κ3) is 3.07. The molecule has 1 aliphatic heterocycles. The van der Waals surface area contributed by atoms with E-state index in [4.69, 9.17) is 5.73 Å². The Morgan fingerprint density at radius 3 is 2.60 bits per heavy atom. The Morgan fingerprint density at radius 2 is 1.92 bits per heavy atom. The number of nitrogens with zero attached hydrogens (tertiary/aromatic N) is 4. The van der Waals surface area contributed by atoms with Crippen LogP contribution in [-0.2, 0) is 11.8 Å². The van der Waals surface area contributed by atoms with E-state index in [9.17, 15) is 4.79 Å². The van der Waals surface area contributed by atoms with Crippen LogP contribution in [0.2, 0.25) is 0 Å². The first-order valence-electron chi connectivity index (χ1n) is 8.54. The fourth-order valence-electron chi connectivity index (χ4n) is 3.47. The number of hydrogen-bond donors (Lipinski definition) is 1. The van der Waals surface area contributed by atoms with Crippen molar-refractivity contribution in [2.24, 2.45) is 18.7 Å². The molecule has 1 fully saturated rings. The van der Waals surface area contributed by atoms with Gasteiger partial charge >= 0.3 is 0 Å². The zero-order chi connectivity index (χ0) is 17.4. The predicted octanol–water partition coefficient (Wildman–Crippen LogP) is 2.34. The molecular formula is C19H21N5O. The summed E-state index contributed by atoms with van der Waals surface area (Å²) in [7, 11) is 1.93. The summed E-state index contributed by atoms with van der Waals surface area (Å²) in [6.45, 7) is 1.64. The van der Waals surface area contributed by atoms with Crippen molar-refractivity contribution >= 4 is 22.6 Å². The van der Waals surface area contributed by atoms with Gasteiger partial charge in [-0.25, -0.2) is 4.98 Å². The quantitative estimate of drug-likeness (QED) is 0.797. The monoisotopic (exact) mass is 335 g/mol. The van der Waals surface area contributed by atoms with Crippen LogP contribution < -0.4 is 10.6 Å². The smallest absolute Gasteiger partial charge is 0.220 e. The van der Waals surface area contributed by atoms with Crippen LogP contribution in [0.3, 0.4) is 0 Å². The van der Waals surface area contributed by atoms with E-state index in [1.54, 1.807) is 0 Å². The molecule has 0 spiro atoms. The lowest BCUT2D eigenvalue weighted by Gasteiger charge is -2.31. The highest BCUT2D eigenvalue weighted by Gasteiger charge is 2.23. The number of aromatic nitrogens is 3. The number of carbonyl (C=O) groups is 1. The molecule has 6 nitrogen and oxygen atoms in total. The highest BCUT2D eigenvalue weighted by Crippen LogP contribution is 2.26. The lowest BCUT2D eigenvalue weighted by molar-refractivity contribution is -0.122. The number of primary amides is 1. The molecule has 1 aromatic carbocycles. The largest absolute Gasteiger partial charge is 0.369 e. The molecule has 3 heterocycles. The van der Waals surface area contributed by atoms with Crippen LogP contribution in [0.15, 0.2) is 42.7 Å². The summed E-state index contributed by atoms with van der Waals surface area (Å²) in [5, 5.41) is 5.53. The van der Waals surface area contributed by atoms with E-state index in [1.165, 1.54) is 0 Å². The van der Waals surface area contributed by atoms with Crippen molar-refractivity contribution in [3.05, 3.63) is 42.7 Å². The van der Waals surface area contributed by atoms with Crippen LogP contribution in [-0.4, -0.2) is 33.8 Å². The first-order chi connectivity index (χ1) is 12.1. The van der Waals surface area contributed by atoms with E-state index in [0.717, 1.165) is 53.8 Å². The Kier molecular flexibility index (Phi) is 3.87. The second kappa shape index (κ2) is 6.20. The number of amides is 1. The van der Waals surface area contributed by atoms with E-state index < -0.39 is 0 Å². The predicted molar refractivity (Wildman–Crippen MR) is 98.1 cm³/mol. The molecule has 0 unspecified atom stereocenters. The SMILES string of the molecule is Cn1cc2cc(-c3ccc(N4CCC(C(N)=O)CC4)nc3)ccc2n1. The number of nitrogens with two attached hydrogens (primary N) is 1. The molecule has 1 amide bonds. The Bertz CT molecular complexity index is 907. The van der Waals surface area contributed by atoms with Crippen LogP contribution in [0.1, 0.15) is 12.8 Å². The lowest BCUT2D eigenvalue weighted by Crippen LogP contribution is -2.38. The third-order valence-electron chi connectivity index (χ3n) is 4.92. The van der Waals surface area contributed by atoms with Crippen molar-refractivity contribution in [2.75, 3.05) is 18.0 Å². The summed E-state index contributed by atoms with van der Waals surface area (Å²) < 4.78 is 1.82. The van der Waals surface area contributed by atoms with Gasteiger partial charge in [-0.3, -0.25) is 9.48 Å². The summed E-state index contributed by atoms with van der Waals surface area (Å²) in [5.41, 5.74) is 8.61. The molecule has 1 saturated heterocycles. The van der Waals surface area contributed by atoms with Gasteiger partial charge in [-0.05, 0) is 42.7 Å². The molecule has 3 aromatic rings. The zero-order valence-corrected chi connectivity index (χ0v) is 14.2. The Balaban J connectivity index is 1.52. The first-order valence-corrected chi connectivity index (χ1v) is 8.54. The maximum absolute atomic E-state index is 11.3. The summed E-state index contributed by atoms with van der Waals surface area (Å²) in [6, 6.07) is 10.4. The van der Waals surface area contributed by atoms with Gasteiger partial charge in [0.05, 0.1) is 5.52 Å². The Hall–Kier alpha value is -2.89. The second-order valence-electron chi connectivity index (χ2n) is 6.65. The van der Waals surface area contributed by atoms with Crippen molar-refractivity contribution < 1.29 is 4.79 Å². The average molecular weight is 335 g/mol. The molecule has 2 N–H and O–H groups in total. The first kappa shape index (κ1) is 15.6. The van der Waals surface area contributed by atoms with Crippen LogP contribution in [0.5, 0.6) is 0 Å². The van der Waals surface area contributed by atoms with Crippen molar-refractivity contribution in [1.29, 1.82) is 0 Å². The summed E-state index contributed by atoms with van der Waals surface area (Å²) in [4.78, 5) is 18.1. The Labute approximate surface area is 146 Å². The summed E-state index contributed by atoms with van der Waals surface area (Å²) in [5.74, 6) is 0.768. The van der Waals surface area contributed by atoms with Crippen LogP contribution in [0.4, 0.5) is 5.82 Å². The molecule has 0 atom stereocenters. The number of hydrogen-bond acceptors (Lipinski definition) is 4. The number of pyridine rings is 1. The Morgan fingerprint density at radius 1 is 1.16 bits per heavy atom. The second-order valence-corrected chi connectivity index (χ2v) is 6.65. The maximum Gasteiger partial charge on any atom is 0.220 e. The number of anilines is 1. The fourth-order valence-corrected chi connectivity index (χ4v) is 3.47. The topological polar surface area (TPSA) is 77.0 Å². The number of rotatable bonds is 3. The van der Waals surface area contributed by atoms with E-state index in [0.29, 0.717) is 0 Å². The molecular weight excluding hydrogens is 314 g/mol. The normalized spacial score (nSPS) is 15.6. The summed E-state index contributed by atoms with van der Waals surface area (Å²) >= 11 is 0. The van der Waals surface area contributed by atoms with Gasteiger partial charge in [0.1, 0.15) is 5.82 Å². The highest BCUT2D eigenvalue weighted by atomic mass is 16.1. The fraction of sp³-hybridized carbons (Fsp3) is 0.316. The molecule has 128 valence electrons. The van der Waals surface area contributed by atoms with Crippen LogP contribution in [0, 0.1) is 5.92 Å². The molecule has 6 heteroatoms. The van der Waals surface area contributed by atoms with Gasteiger partial charge in [-0.2, -0.15) is 5.10 Å². The van der Waals surface area contributed by atoms with Gasteiger partial charge in [-0.15, -0.1) is 0 Å². The third-order valence-corrected chi connectivity index (χ3v) is 4.92. The molecule has 0 saturated carbocycles. The lowest BCUT2D eigenvalue weighted by atomic mass is 9.96. The van der Waals surface area contributed by atoms with Crippen molar-refractivity contribution in [3.8, 4) is 11.1 Å². The minimum Gasteiger partial charge on any atom is -0.369 e. The number of benzene rings is 1. The van der Waals surface area contributed by atoms with Gasteiger partial charge in [0, 0.05) is 49.4 Å². The minimum atomic E-state index is -0.186. The molecule has 4 rings (SSSR count). The average Bonchev–Trinajstić information content (AvgIpc) is 3.01. The molecule has 0 bridgehead atoms. The van der Waals surface area contributed by atoms with Crippen LogP contribution >= 0.6 is 0 Å². The molecule has 1 aliphatic rings. The maximum atomic E-state index is 11.3. The number of aryl methyl sites for hydroxylation is 1. The molecule has 0 radical (unpaired) electrons. The number of fused-ring (bicyclic) bond motifs is 1. The van der Waals surface area contributed by atoms with Crippen molar-refractivity contribution in [2.45, 2.75) is 12.8 Å². The minimum absolute atomic E-state index is 0.00160. The van der Waals surface area contributed by atoms with Crippen molar-refractivity contribution in [3.63, 3.8) is 0 Å². The standard InChI is InChI=1S/C19H21N5O/c1-23-12-16-10-14(2-4-17(16)22-23)15-3-5-18(21-11-15)24-8-6-13(7-9-24)19(20)25/h2-5,10-13H,6-9H2,1H3,(H2,20,25). The van der Waals surface area contributed by atoms with Gasteiger partial charge in [0.2, 0.25) is 5.91 Å². The zero-order valence-electron chi connectivity index (χ0n) is 14.2. The summed E-state index contributed by atoms with van der Waals surface area (Å²) in [6.07, 6.45) is 5.53. The van der Waals surface area contributed by atoms with E-state index in [1.807, 2.05) is 36.3 Å². The van der Waals surface area contributed by atoms with E-state index in [-0.39, 0.29) is 11.8 Å².